The van der Waals surface area contributed by atoms with Crippen LogP contribution in [0.15, 0.2) is 18.3 Å². The van der Waals surface area contributed by atoms with Crippen LogP contribution < -0.4 is 0 Å². The van der Waals surface area contributed by atoms with Crippen molar-refractivity contribution >= 4 is 5.91 Å². The van der Waals surface area contributed by atoms with E-state index in [1.54, 1.807) is 17.2 Å². The third kappa shape index (κ3) is 2.88. The van der Waals surface area contributed by atoms with Gasteiger partial charge in [0.05, 0.1) is 6.10 Å². The topological polar surface area (TPSA) is 53.4 Å². The van der Waals surface area contributed by atoms with Gasteiger partial charge in [0.2, 0.25) is 0 Å². The Morgan fingerprint density at radius 2 is 2.33 bits per heavy atom. The standard InChI is InChI=1S/C14H20N2O2/c1-10(2)13-8-11(5-6-15-13)14(18)16-7-3-4-12(17)9-16/h5-6,8,10,12,17H,3-4,7,9H2,1-2H3. The van der Waals surface area contributed by atoms with Crippen LogP contribution in [-0.4, -0.2) is 40.1 Å². The first-order chi connectivity index (χ1) is 8.58. The predicted octanol–water partition coefficient (Wildman–Crippen LogP) is 1.80. The minimum absolute atomic E-state index is 0.00181. The van der Waals surface area contributed by atoms with Crippen molar-refractivity contribution in [3.8, 4) is 0 Å². The van der Waals surface area contributed by atoms with Gasteiger partial charge in [-0.3, -0.25) is 9.78 Å². The third-order valence-corrected chi connectivity index (χ3v) is 3.30. The lowest BCUT2D eigenvalue weighted by Gasteiger charge is -2.30. The molecule has 98 valence electrons. The van der Waals surface area contributed by atoms with Crippen LogP contribution in [-0.2, 0) is 0 Å². The Bertz CT molecular complexity index is 432. The summed E-state index contributed by atoms with van der Waals surface area (Å²) >= 11 is 0. The quantitative estimate of drug-likeness (QED) is 0.868. The van der Waals surface area contributed by atoms with Crippen molar-refractivity contribution in [2.24, 2.45) is 0 Å². The molecule has 1 aromatic rings. The van der Waals surface area contributed by atoms with E-state index in [1.807, 2.05) is 6.07 Å². The zero-order valence-corrected chi connectivity index (χ0v) is 11.0. The smallest absolute Gasteiger partial charge is 0.254 e. The number of hydrogen-bond acceptors (Lipinski definition) is 3. The molecule has 1 atom stereocenters. The highest BCUT2D eigenvalue weighted by molar-refractivity contribution is 5.94. The number of aliphatic hydroxyl groups is 1. The Hall–Kier alpha value is -1.42. The summed E-state index contributed by atoms with van der Waals surface area (Å²) in [5.41, 5.74) is 1.60. The Balaban J connectivity index is 2.15. The molecule has 4 heteroatoms. The van der Waals surface area contributed by atoms with Gasteiger partial charge in [-0.05, 0) is 30.9 Å². The van der Waals surface area contributed by atoms with Crippen LogP contribution in [0, 0.1) is 0 Å². The van der Waals surface area contributed by atoms with Crippen molar-refractivity contribution in [1.82, 2.24) is 9.88 Å². The molecule has 0 saturated carbocycles. The number of aliphatic hydroxyl groups excluding tert-OH is 1. The maximum Gasteiger partial charge on any atom is 0.254 e. The van der Waals surface area contributed by atoms with Gasteiger partial charge in [0.1, 0.15) is 0 Å². The highest BCUT2D eigenvalue weighted by Crippen LogP contribution is 2.16. The maximum atomic E-state index is 12.3. The fraction of sp³-hybridized carbons (Fsp3) is 0.571. The van der Waals surface area contributed by atoms with Gasteiger partial charge >= 0.3 is 0 Å². The highest BCUT2D eigenvalue weighted by Gasteiger charge is 2.23. The molecule has 1 unspecified atom stereocenters. The normalized spacial score (nSPS) is 20.2. The average Bonchev–Trinajstić information content (AvgIpc) is 2.38. The molecule has 1 amide bonds. The van der Waals surface area contributed by atoms with Crippen molar-refractivity contribution in [3.63, 3.8) is 0 Å². The number of carbonyl (C=O) groups is 1. The van der Waals surface area contributed by atoms with Gasteiger partial charge in [-0.25, -0.2) is 0 Å². The third-order valence-electron chi connectivity index (χ3n) is 3.30. The minimum atomic E-state index is -0.380. The molecule has 1 fully saturated rings. The second kappa shape index (κ2) is 5.48. The average molecular weight is 248 g/mol. The van der Waals surface area contributed by atoms with Gasteiger partial charge in [0, 0.05) is 30.5 Å². The molecule has 0 radical (unpaired) electrons. The van der Waals surface area contributed by atoms with E-state index in [0.717, 1.165) is 25.1 Å². The highest BCUT2D eigenvalue weighted by atomic mass is 16.3. The van der Waals surface area contributed by atoms with E-state index in [4.69, 9.17) is 0 Å². The first kappa shape index (κ1) is 13.0. The lowest BCUT2D eigenvalue weighted by atomic mass is 10.0. The minimum Gasteiger partial charge on any atom is -0.391 e. The van der Waals surface area contributed by atoms with Crippen LogP contribution in [0.3, 0.4) is 0 Å². The first-order valence-corrected chi connectivity index (χ1v) is 6.51. The summed E-state index contributed by atoms with van der Waals surface area (Å²) in [5.74, 6) is 0.308. The lowest BCUT2D eigenvalue weighted by molar-refractivity contribution is 0.0473. The van der Waals surface area contributed by atoms with Crippen LogP contribution in [0.5, 0.6) is 0 Å². The van der Waals surface area contributed by atoms with Crippen molar-refractivity contribution in [3.05, 3.63) is 29.6 Å². The van der Waals surface area contributed by atoms with Crippen molar-refractivity contribution in [2.75, 3.05) is 13.1 Å². The van der Waals surface area contributed by atoms with Gasteiger partial charge in [-0.15, -0.1) is 0 Å². The Kier molecular flexibility index (Phi) is 3.97. The SMILES string of the molecule is CC(C)c1cc(C(=O)N2CCCC(O)C2)ccn1. The van der Waals surface area contributed by atoms with E-state index in [1.165, 1.54) is 0 Å². The summed E-state index contributed by atoms with van der Waals surface area (Å²) in [5, 5.41) is 9.61. The number of pyridine rings is 1. The number of likely N-dealkylation sites (tertiary alicyclic amines) is 1. The zero-order chi connectivity index (χ0) is 13.1. The number of piperidine rings is 1. The Morgan fingerprint density at radius 3 is 3.00 bits per heavy atom. The lowest BCUT2D eigenvalue weighted by Crippen LogP contribution is -2.42. The number of carbonyl (C=O) groups excluding carboxylic acids is 1. The van der Waals surface area contributed by atoms with Crippen molar-refractivity contribution in [1.29, 1.82) is 0 Å². The summed E-state index contributed by atoms with van der Waals surface area (Å²) in [4.78, 5) is 18.3. The number of β-amino-alcohol motifs (C(OH)–C–C–N with tert-alkyl or cyclic N) is 1. The van der Waals surface area contributed by atoms with E-state index in [0.29, 0.717) is 18.0 Å². The van der Waals surface area contributed by atoms with E-state index in [9.17, 15) is 9.90 Å². The first-order valence-electron chi connectivity index (χ1n) is 6.51. The molecule has 2 rings (SSSR count). The second-order valence-electron chi connectivity index (χ2n) is 5.17. The molecule has 0 bridgehead atoms. The fourth-order valence-corrected chi connectivity index (χ4v) is 2.22. The monoisotopic (exact) mass is 248 g/mol. The number of nitrogens with zero attached hydrogens (tertiary/aromatic N) is 2. The van der Waals surface area contributed by atoms with E-state index in [2.05, 4.69) is 18.8 Å². The van der Waals surface area contributed by atoms with Crippen molar-refractivity contribution < 1.29 is 9.90 Å². The molecule has 0 spiro atoms. The molecule has 1 aromatic heterocycles. The Morgan fingerprint density at radius 1 is 1.56 bits per heavy atom. The van der Waals surface area contributed by atoms with Crippen LogP contribution in [0.4, 0.5) is 0 Å². The molecular formula is C14H20N2O2. The number of rotatable bonds is 2. The largest absolute Gasteiger partial charge is 0.391 e. The molecule has 1 N–H and O–H groups in total. The Labute approximate surface area is 108 Å². The van der Waals surface area contributed by atoms with E-state index >= 15 is 0 Å². The summed E-state index contributed by atoms with van der Waals surface area (Å²) in [6.45, 7) is 5.29. The van der Waals surface area contributed by atoms with Crippen LogP contribution in [0.2, 0.25) is 0 Å². The summed E-state index contributed by atoms with van der Waals surface area (Å²) < 4.78 is 0. The molecule has 18 heavy (non-hydrogen) atoms. The number of amides is 1. The molecule has 0 aromatic carbocycles. The molecule has 1 saturated heterocycles. The van der Waals surface area contributed by atoms with Gasteiger partial charge in [-0.1, -0.05) is 13.8 Å². The van der Waals surface area contributed by atoms with Gasteiger partial charge in [0.25, 0.3) is 5.91 Å². The summed E-state index contributed by atoms with van der Waals surface area (Å²) in [6.07, 6.45) is 2.96. The van der Waals surface area contributed by atoms with Gasteiger partial charge in [-0.2, -0.15) is 0 Å². The van der Waals surface area contributed by atoms with Gasteiger partial charge in [0.15, 0.2) is 0 Å². The summed E-state index contributed by atoms with van der Waals surface area (Å²) in [7, 11) is 0. The maximum absolute atomic E-state index is 12.3. The van der Waals surface area contributed by atoms with Crippen molar-refractivity contribution in [2.45, 2.75) is 38.7 Å². The van der Waals surface area contributed by atoms with Crippen LogP contribution >= 0.6 is 0 Å². The van der Waals surface area contributed by atoms with E-state index < -0.39 is 0 Å². The predicted molar refractivity (Wildman–Crippen MR) is 69.5 cm³/mol. The second-order valence-corrected chi connectivity index (χ2v) is 5.17. The number of hydrogen-bond donors (Lipinski definition) is 1. The molecule has 2 heterocycles. The molecule has 0 aliphatic carbocycles. The number of aromatic nitrogens is 1. The van der Waals surface area contributed by atoms with E-state index in [-0.39, 0.29) is 12.0 Å². The summed E-state index contributed by atoms with van der Waals surface area (Å²) in [6, 6.07) is 3.60. The van der Waals surface area contributed by atoms with Gasteiger partial charge < -0.3 is 10.0 Å². The fourth-order valence-electron chi connectivity index (χ4n) is 2.22. The molecular weight excluding hydrogens is 228 g/mol. The van der Waals surface area contributed by atoms with Crippen LogP contribution in [0.25, 0.3) is 0 Å². The van der Waals surface area contributed by atoms with Crippen LogP contribution in [0.1, 0.15) is 48.7 Å². The molecule has 1 aliphatic rings. The zero-order valence-electron chi connectivity index (χ0n) is 11.0. The molecule has 1 aliphatic heterocycles. The molecule has 4 nitrogen and oxygen atoms in total.